The van der Waals surface area contributed by atoms with E-state index in [1.165, 1.54) is 37.0 Å². The highest BCUT2D eigenvalue weighted by atomic mass is 16.4. The Kier molecular flexibility index (Phi) is 5.05. The highest BCUT2D eigenvalue weighted by molar-refractivity contribution is 5.83. The number of hydrogen-bond donors (Lipinski definition) is 2. The zero-order chi connectivity index (χ0) is 13.7. The SMILES string of the molecule is O=C(O)C1CCCN1C(=O)NCCCC1CCCC1. The van der Waals surface area contributed by atoms with Crippen LogP contribution in [0.2, 0.25) is 0 Å². The summed E-state index contributed by atoms with van der Waals surface area (Å²) in [5.74, 6) is -0.0472. The molecular weight excluding hydrogens is 244 g/mol. The van der Waals surface area contributed by atoms with Crippen LogP contribution in [0.5, 0.6) is 0 Å². The number of amides is 2. The van der Waals surface area contributed by atoms with Gasteiger partial charge in [0.1, 0.15) is 6.04 Å². The molecule has 0 aromatic carbocycles. The molecule has 19 heavy (non-hydrogen) atoms. The molecule has 2 N–H and O–H groups in total. The third-order valence-corrected chi connectivity index (χ3v) is 4.34. The lowest BCUT2D eigenvalue weighted by Gasteiger charge is -2.22. The number of carboxylic acid groups (broad SMARTS) is 1. The normalized spacial score (nSPS) is 23.8. The molecule has 0 radical (unpaired) electrons. The van der Waals surface area contributed by atoms with Crippen LogP contribution in [0.4, 0.5) is 4.79 Å². The van der Waals surface area contributed by atoms with Gasteiger partial charge < -0.3 is 15.3 Å². The average molecular weight is 268 g/mol. The van der Waals surface area contributed by atoms with E-state index < -0.39 is 12.0 Å². The second-order valence-corrected chi connectivity index (χ2v) is 5.71. The van der Waals surface area contributed by atoms with Crippen molar-refractivity contribution < 1.29 is 14.7 Å². The summed E-state index contributed by atoms with van der Waals surface area (Å²) in [6.07, 6.45) is 8.92. The predicted molar refractivity (Wildman–Crippen MR) is 72.0 cm³/mol. The molecule has 2 amide bonds. The van der Waals surface area contributed by atoms with Gasteiger partial charge in [0.05, 0.1) is 0 Å². The number of likely N-dealkylation sites (tertiary alicyclic amines) is 1. The first kappa shape index (κ1) is 14.2. The second kappa shape index (κ2) is 6.78. The molecule has 0 aromatic heterocycles. The van der Waals surface area contributed by atoms with E-state index in [0.717, 1.165) is 18.8 Å². The third-order valence-electron chi connectivity index (χ3n) is 4.34. The number of carbonyl (C=O) groups excluding carboxylic acids is 1. The van der Waals surface area contributed by atoms with Gasteiger partial charge in [-0.05, 0) is 31.6 Å². The summed E-state index contributed by atoms with van der Waals surface area (Å²) < 4.78 is 0. The van der Waals surface area contributed by atoms with Gasteiger partial charge in [0.25, 0.3) is 0 Å². The van der Waals surface area contributed by atoms with E-state index in [-0.39, 0.29) is 6.03 Å². The number of hydrogen-bond acceptors (Lipinski definition) is 2. The Morgan fingerprint density at radius 3 is 2.58 bits per heavy atom. The molecule has 1 saturated carbocycles. The zero-order valence-corrected chi connectivity index (χ0v) is 11.4. The van der Waals surface area contributed by atoms with E-state index in [4.69, 9.17) is 5.11 Å². The van der Waals surface area contributed by atoms with Crippen LogP contribution in [0, 0.1) is 5.92 Å². The molecule has 1 saturated heterocycles. The predicted octanol–water partition coefficient (Wildman–Crippen LogP) is 2.22. The van der Waals surface area contributed by atoms with Gasteiger partial charge in [-0.2, -0.15) is 0 Å². The molecule has 108 valence electrons. The quantitative estimate of drug-likeness (QED) is 0.751. The molecule has 5 nitrogen and oxygen atoms in total. The number of rotatable bonds is 5. The standard InChI is InChI=1S/C14H24N2O3/c17-13(18)12-8-4-10-16(12)14(19)15-9-3-7-11-5-1-2-6-11/h11-12H,1-10H2,(H,15,19)(H,17,18). The lowest BCUT2D eigenvalue weighted by molar-refractivity contribution is -0.141. The molecule has 2 aliphatic rings. The monoisotopic (exact) mass is 268 g/mol. The summed E-state index contributed by atoms with van der Waals surface area (Å²) in [4.78, 5) is 24.4. The summed E-state index contributed by atoms with van der Waals surface area (Å²) in [5.41, 5.74) is 0. The molecule has 0 aromatic rings. The summed E-state index contributed by atoms with van der Waals surface area (Å²) in [6.45, 7) is 1.23. The van der Waals surface area contributed by atoms with Gasteiger partial charge in [0.2, 0.25) is 0 Å². The summed E-state index contributed by atoms with van der Waals surface area (Å²) in [6, 6.07) is -0.842. The van der Waals surface area contributed by atoms with Crippen molar-refractivity contribution in [2.45, 2.75) is 57.4 Å². The van der Waals surface area contributed by atoms with E-state index in [1.807, 2.05) is 0 Å². The molecule has 0 spiro atoms. The summed E-state index contributed by atoms with van der Waals surface area (Å²) in [5, 5.41) is 11.9. The molecule has 1 heterocycles. The second-order valence-electron chi connectivity index (χ2n) is 5.71. The highest BCUT2D eigenvalue weighted by Gasteiger charge is 2.33. The third kappa shape index (κ3) is 3.85. The van der Waals surface area contributed by atoms with Crippen molar-refractivity contribution >= 4 is 12.0 Å². The van der Waals surface area contributed by atoms with Gasteiger partial charge in [-0.3, -0.25) is 0 Å². The molecule has 1 aliphatic carbocycles. The van der Waals surface area contributed by atoms with E-state index in [1.54, 1.807) is 0 Å². The Morgan fingerprint density at radius 1 is 1.16 bits per heavy atom. The maximum atomic E-state index is 11.9. The Morgan fingerprint density at radius 2 is 1.89 bits per heavy atom. The van der Waals surface area contributed by atoms with E-state index in [9.17, 15) is 9.59 Å². The fourth-order valence-electron chi connectivity index (χ4n) is 3.25. The van der Waals surface area contributed by atoms with Crippen molar-refractivity contribution in [1.82, 2.24) is 10.2 Å². The fourth-order valence-corrected chi connectivity index (χ4v) is 3.25. The topological polar surface area (TPSA) is 69.6 Å². The lowest BCUT2D eigenvalue weighted by atomic mass is 10.0. The molecule has 2 rings (SSSR count). The molecule has 1 unspecified atom stereocenters. The van der Waals surface area contributed by atoms with Crippen LogP contribution >= 0.6 is 0 Å². The van der Waals surface area contributed by atoms with Gasteiger partial charge in [0.15, 0.2) is 0 Å². The van der Waals surface area contributed by atoms with Gasteiger partial charge in [-0.1, -0.05) is 25.7 Å². The Balaban J connectivity index is 1.64. The zero-order valence-electron chi connectivity index (χ0n) is 11.4. The highest BCUT2D eigenvalue weighted by Crippen LogP contribution is 2.28. The minimum atomic E-state index is -0.890. The van der Waals surface area contributed by atoms with E-state index >= 15 is 0 Å². The van der Waals surface area contributed by atoms with Crippen molar-refractivity contribution in [2.24, 2.45) is 5.92 Å². The van der Waals surface area contributed by atoms with Gasteiger partial charge >= 0.3 is 12.0 Å². The van der Waals surface area contributed by atoms with Gasteiger partial charge in [0, 0.05) is 13.1 Å². The van der Waals surface area contributed by atoms with Crippen LogP contribution in [-0.2, 0) is 4.79 Å². The average Bonchev–Trinajstić information content (AvgIpc) is 3.04. The Hall–Kier alpha value is -1.26. The first-order valence-corrected chi connectivity index (χ1v) is 7.46. The molecule has 2 fully saturated rings. The van der Waals surface area contributed by atoms with E-state index in [0.29, 0.717) is 19.5 Å². The minimum absolute atomic E-state index is 0.212. The molecule has 1 atom stereocenters. The molecular formula is C14H24N2O3. The van der Waals surface area contributed by atoms with Crippen LogP contribution in [0.3, 0.4) is 0 Å². The van der Waals surface area contributed by atoms with Gasteiger partial charge in [-0.25, -0.2) is 9.59 Å². The number of carbonyl (C=O) groups is 2. The molecule has 0 bridgehead atoms. The molecule has 5 heteroatoms. The largest absolute Gasteiger partial charge is 0.480 e. The van der Waals surface area contributed by atoms with Crippen molar-refractivity contribution in [1.29, 1.82) is 0 Å². The van der Waals surface area contributed by atoms with Crippen molar-refractivity contribution in [2.75, 3.05) is 13.1 Å². The van der Waals surface area contributed by atoms with Crippen molar-refractivity contribution in [3.63, 3.8) is 0 Å². The van der Waals surface area contributed by atoms with Crippen molar-refractivity contribution in [3.05, 3.63) is 0 Å². The summed E-state index contributed by atoms with van der Waals surface area (Å²) >= 11 is 0. The lowest BCUT2D eigenvalue weighted by Crippen LogP contribution is -2.46. The number of carboxylic acids is 1. The first-order valence-electron chi connectivity index (χ1n) is 7.46. The first-order chi connectivity index (χ1) is 9.18. The number of nitrogens with one attached hydrogen (secondary N) is 1. The van der Waals surface area contributed by atoms with E-state index in [2.05, 4.69) is 5.32 Å². The smallest absolute Gasteiger partial charge is 0.326 e. The van der Waals surface area contributed by atoms with Crippen LogP contribution in [-0.4, -0.2) is 41.1 Å². The number of urea groups is 1. The number of nitrogens with zero attached hydrogens (tertiary/aromatic N) is 1. The maximum Gasteiger partial charge on any atom is 0.326 e. The number of aliphatic carboxylic acids is 1. The van der Waals surface area contributed by atoms with Crippen LogP contribution in [0.15, 0.2) is 0 Å². The Labute approximate surface area is 114 Å². The maximum absolute atomic E-state index is 11.9. The van der Waals surface area contributed by atoms with Crippen molar-refractivity contribution in [3.8, 4) is 0 Å². The fraction of sp³-hybridized carbons (Fsp3) is 0.857. The van der Waals surface area contributed by atoms with Crippen LogP contribution in [0.25, 0.3) is 0 Å². The minimum Gasteiger partial charge on any atom is -0.480 e. The molecule has 1 aliphatic heterocycles. The Bertz CT molecular complexity index is 327. The van der Waals surface area contributed by atoms with Gasteiger partial charge in [-0.15, -0.1) is 0 Å². The van der Waals surface area contributed by atoms with Crippen LogP contribution in [0.1, 0.15) is 51.4 Å². The summed E-state index contributed by atoms with van der Waals surface area (Å²) in [7, 11) is 0. The van der Waals surface area contributed by atoms with Crippen LogP contribution < -0.4 is 5.32 Å².